The molecule has 0 saturated carbocycles. The predicted octanol–water partition coefficient (Wildman–Crippen LogP) is 2.95. The van der Waals surface area contributed by atoms with Crippen LogP contribution in [0.1, 0.15) is 39.0 Å². The summed E-state index contributed by atoms with van der Waals surface area (Å²) in [4.78, 5) is 5.32. The molecule has 0 aromatic heterocycles. The van der Waals surface area contributed by atoms with Crippen LogP contribution in [0.5, 0.6) is 0 Å². The van der Waals surface area contributed by atoms with E-state index >= 15 is 0 Å². The smallest absolute Gasteiger partial charge is 0.0270 e. The molecule has 80 valence electrons. The second-order valence-corrected chi connectivity index (χ2v) is 3.90. The molecular weight excluding hydrogens is 176 g/mol. The fraction of sp³-hybridized carbons (Fsp3) is 1.00. The molecule has 1 aliphatic rings. The summed E-state index contributed by atoms with van der Waals surface area (Å²) in [5.41, 5.74) is 8.15. The highest BCUT2D eigenvalue weighted by atomic mass is 15.2. The molecule has 1 heterocycles. The van der Waals surface area contributed by atoms with Crippen LogP contribution in [-0.2, 0) is 0 Å². The maximum atomic E-state index is 8.15. The Kier molecular flexibility index (Phi) is 5.42. The average Bonchev–Trinajstić information content (AvgIpc) is 2.25. The third-order valence-corrected chi connectivity index (χ3v) is 2.99. The van der Waals surface area contributed by atoms with Crippen molar-refractivity contribution in [3.8, 4) is 0 Å². The first-order valence-corrected chi connectivity index (χ1v) is 5.63. The molecule has 4 heteroatoms. The van der Waals surface area contributed by atoms with Gasteiger partial charge in [0.25, 0.3) is 0 Å². The normalized spacial score (nSPS) is 23.1. The van der Waals surface area contributed by atoms with E-state index in [1.54, 1.807) is 0 Å². The van der Waals surface area contributed by atoms with Gasteiger partial charge in [-0.3, -0.25) is 0 Å². The van der Waals surface area contributed by atoms with Gasteiger partial charge in [0.2, 0.25) is 0 Å². The summed E-state index contributed by atoms with van der Waals surface area (Å²) < 4.78 is 0. The molecule has 1 unspecified atom stereocenters. The monoisotopic (exact) mass is 196 g/mol. The summed E-state index contributed by atoms with van der Waals surface area (Å²) in [5.74, 6) is 0. The van der Waals surface area contributed by atoms with Crippen molar-refractivity contribution in [1.82, 2.24) is 4.90 Å². The summed E-state index contributed by atoms with van der Waals surface area (Å²) in [7, 11) is 0. The Morgan fingerprint density at radius 2 is 2.36 bits per heavy atom. The van der Waals surface area contributed by atoms with E-state index < -0.39 is 0 Å². The Balaban J connectivity index is 2.22. The first-order valence-electron chi connectivity index (χ1n) is 5.63. The zero-order valence-electron chi connectivity index (χ0n) is 9.02. The molecule has 1 rings (SSSR count). The Bertz CT molecular complexity index is 198. The Labute approximate surface area is 85.9 Å². The van der Waals surface area contributed by atoms with Gasteiger partial charge >= 0.3 is 0 Å². The van der Waals surface area contributed by atoms with Crippen LogP contribution in [0.25, 0.3) is 10.4 Å². The van der Waals surface area contributed by atoms with Gasteiger partial charge in [0.15, 0.2) is 0 Å². The van der Waals surface area contributed by atoms with Gasteiger partial charge in [-0.05, 0) is 44.3 Å². The van der Waals surface area contributed by atoms with Gasteiger partial charge < -0.3 is 4.90 Å². The summed E-state index contributed by atoms with van der Waals surface area (Å²) in [6.07, 6.45) is 6.31. The number of nitrogens with zero attached hydrogens (tertiary/aromatic N) is 4. The highest BCUT2D eigenvalue weighted by Gasteiger charge is 2.19. The van der Waals surface area contributed by atoms with Crippen molar-refractivity contribution >= 4 is 0 Å². The fourth-order valence-electron chi connectivity index (χ4n) is 2.21. The molecule has 0 aromatic rings. The summed E-state index contributed by atoms with van der Waals surface area (Å²) in [6.45, 7) is 5.23. The van der Waals surface area contributed by atoms with Crippen molar-refractivity contribution in [2.45, 2.75) is 45.1 Å². The molecule has 0 aromatic carbocycles. The number of hydrogen-bond acceptors (Lipinski definition) is 2. The molecule has 1 fully saturated rings. The highest BCUT2D eigenvalue weighted by molar-refractivity contribution is 4.75. The van der Waals surface area contributed by atoms with Gasteiger partial charge in [-0.1, -0.05) is 18.5 Å². The molecule has 1 atom stereocenters. The van der Waals surface area contributed by atoms with E-state index in [-0.39, 0.29) is 0 Å². The molecule has 14 heavy (non-hydrogen) atoms. The van der Waals surface area contributed by atoms with Crippen LogP contribution in [0.4, 0.5) is 0 Å². The zero-order valence-corrected chi connectivity index (χ0v) is 9.02. The van der Waals surface area contributed by atoms with Crippen molar-refractivity contribution in [1.29, 1.82) is 0 Å². The maximum Gasteiger partial charge on any atom is 0.0270 e. The van der Waals surface area contributed by atoms with Crippen LogP contribution in [-0.4, -0.2) is 30.6 Å². The van der Waals surface area contributed by atoms with Crippen LogP contribution in [0.3, 0.4) is 0 Å². The van der Waals surface area contributed by atoms with E-state index in [2.05, 4.69) is 21.8 Å². The summed E-state index contributed by atoms with van der Waals surface area (Å²) in [6, 6.07) is 0.773. The van der Waals surface area contributed by atoms with Crippen molar-refractivity contribution in [2.75, 3.05) is 19.6 Å². The molecule has 1 aliphatic heterocycles. The van der Waals surface area contributed by atoms with E-state index in [0.29, 0.717) is 6.54 Å². The molecule has 0 spiro atoms. The van der Waals surface area contributed by atoms with Gasteiger partial charge in [0.05, 0.1) is 0 Å². The molecule has 1 saturated heterocycles. The minimum atomic E-state index is 0.642. The van der Waals surface area contributed by atoms with Crippen LogP contribution in [0.2, 0.25) is 0 Å². The van der Waals surface area contributed by atoms with Crippen molar-refractivity contribution < 1.29 is 0 Å². The number of rotatable bonds is 5. The van der Waals surface area contributed by atoms with Crippen LogP contribution in [0.15, 0.2) is 5.11 Å². The minimum absolute atomic E-state index is 0.642. The fourth-order valence-corrected chi connectivity index (χ4v) is 2.21. The molecular formula is C10H20N4. The van der Waals surface area contributed by atoms with Crippen molar-refractivity contribution in [3.63, 3.8) is 0 Å². The average molecular weight is 196 g/mol. The number of hydrogen-bond donors (Lipinski definition) is 0. The Morgan fingerprint density at radius 1 is 1.50 bits per heavy atom. The molecule has 0 amide bonds. The summed E-state index contributed by atoms with van der Waals surface area (Å²) in [5, 5.41) is 3.56. The third kappa shape index (κ3) is 3.56. The lowest BCUT2D eigenvalue weighted by atomic mass is 10.00. The first-order chi connectivity index (χ1) is 6.88. The van der Waals surface area contributed by atoms with E-state index in [9.17, 15) is 0 Å². The maximum absolute atomic E-state index is 8.15. The van der Waals surface area contributed by atoms with Crippen molar-refractivity contribution in [2.24, 2.45) is 5.11 Å². The largest absolute Gasteiger partial charge is 0.300 e. The minimum Gasteiger partial charge on any atom is -0.300 e. The topological polar surface area (TPSA) is 52.0 Å². The number of azide groups is 1. The number of piperidine rings is 1. The standard InChI is InChI=1S/C10H20N4/c1-2-10-6-3-4-8-14(10)9-5-7-12-13-11/h10H,2-9H2,1H3. The predicted molar refractivity (Wildman–Crippen MR) is 58.1 cm³/mol. The van der Waals surface area contributed by atoms with E-state index in [0.717, 1.165) is 19.0 Å². The Hall–Kier alpha value is -0.730. The van der Waals surface area contributed by atoms with Crippen LogP contribution < -0.4 is 0 Å². The third-order valence-electron chi connectivity index (χ3n) is 2.99. The molecule has 4 nitrogen and oxygen atoms in total. The number of likely N-dealkylation sites (tertiary alicyclic amines) is 1. The Morgan fingerprint density at radius 3 is 3.07 bits per heavy atom. The van der Waals surface area contributed by atoms with E-state index in [4.69, 9.17) is 5.53 Å². The summed E-state index contributed by atoms with van der Waals surface area (Å²) >= 11 is 0. The second kappa shape index (κ2) is 6.68. The molecule has 0 aliphatic carbocycles. The van der Waals surface area contributed by atoms with Gasteiger partial charge in [-0.25, -0.2) is 0 Å². The lowest BCUT2D eigenvalue weighted by Gasteiger charge is -2.35. The molecule has 0 radical (unpaired) electrons. The van der Waals surface area contributed by atoms with Crippen LogP contribution in [0, 0.1) is 0 Å². The SMILES string of the molecule is CCC1CCCCN1CCCN=[N+]=[N-]. The lowest BCUT2D eigenvalue weighted by Crippen LogP contribution is -2.39. The zero-order chi connectivity index (χ0) is 10.2. The van der Waals surface area contributed by atoms with E-state index in [1.807, 2.05) is 0 Å². The lowest BCUT2D eigenvalue weighted by molar-refractivity contribution is 0.143. The molecule has 0 bridgehead atoms. The highest BCUT2D eigenvalue weighted by Crippen LogP contribution is 2.19. The first kappa shape index (κ1) is 11.3. The van der Waals surface area contributed by atoms with Gasteiger partial charge in [0, 0.05) is 17.5 Å². The van der Waals surface area contributed by atoms with Gasteiger partial charge in [-0.15, -0.1) is 0 Å². The van der Waals surface area contributed by atoms with Crippen LogP contribution >= 0.6 is 0 Å². The second-order valence-electron chi connectivity index (χ2n) is 3.90. The quantitative estimate of drug-likeness (QED) is 0.288. The van der Waals surface area contributed by atoms with Gasteiger partial charge in [0.1, 0.15) is 0 Å². The molecule has 0 N–H and O–H groups in total. The van der Waals surface area contributed by atoms with Crippen molar-refractivity contribution in [3.05, 3.63) is 10.4 Å². The van der Waals surface area contributed by atoms with E-state index in [1.165, 1.54) is 32.2 Å². The van der Waals surface area contributed by atoms with Gasteiger partial charge in [-0.2, -0.15) is 0 Å².